The van der Waals surface area contributed by atoms with Crippen molar-refractivity contribution in [2.45, 2.75) is 29.7 Å². The molecule has 6 heteroatoms. The summed E-state index contributed by atoms with van der Waals surface area (Å²) in [5, 5.41) is 11.3. The second kappa shape index (κ2) is 4.13. The molecule has 4 rings (SSSR count). The van der Waals surface area contributed by atoms with Gasteiger partial charge in [0.1, 0.15) is 0 Å². The van der Waals surface area contributed by atoms with E-state index in [-0.39, 0.29) is 15.3 Å². The summed E-state index contributed by atoms with van der Waals surface area (Å²) >= 11 is 0. The normalized spacial score (nSPS) is 36.6. The summed E-state index contributed by atoms with van der Waals surface area (Å²) in [4.78, 5) is 6.73. The molecule has 3 atom stereocenters. The minimum Gasteiger partial charge on any atom is -0.620 e. The van der Waals surface area contributed by atoms with Gasteiger partial charge in [0.2, 0.25) is 11.0 Å². The Balaban J connectivity index is 1.69. The number of hydrogen-bond donors (Lipinski definition) is 1. The monoisotopic (exact) mass is 291 g/mol. The Bertz CT molecular complexity index is 610. The maximum Gasteiger partial charge on any atom is 0.208 e. The minimum atomic E-state index is -1.35. The summed E-state index contributed by atoms with van der Waals surface area (Å²) in [7, 11) is 0.0741. The number of quaternary nitrogens is 1. The number of nitrogens with one attached hydrogen (secondary N) is 1. The molecule has 0 saturated heterocycles. The van der Waals surface area contributed by atoms with Crippen molar-refractivity contribution >= 4 is 17.3 Å². The van der Waals surface area contributed by atoms with Gasteiger partial charge in [0.05, 0.1) is 36.8 Å². The third kappa shape index (κ3) is 1.44. The maximum absolute atomic E-state index is 12.0. The van der Waals surface area contributed by atoms with Gasteiger partial charge in [-0.15, -0.1) is 0 Å². The molecule has 3 aliphatic rings. The van der Waals surface area contributed by atoms with E-state index in [1.807, 2.05) is 6.34 Å². The number of fused-ring (bicyclic) bond motifs is 5. The molecule has 20 heavy (non-hydrogen) atoms. The van der Waals surface area contributed by atoms with Crippen LogP contribution in [-0.4, -0.2) is 34.3 Å². The molecule has 5 nitrogen and oxygen atoms in total. The number of hydrogen-bond acceptors (Lipinski definition) is 4. The molecule has 106 valence electrons. The fraction of sp³-hybridized carbons (Fsp3) is 0.500. The second-order valence-electron chi connectivity index (χ2n) is 5.84. The molecule has 1 N–H and O–H groups in total. The molecular formula is C14H17N3O2S. The highest BCUT2D eigenvalue weighted by molar-refractivity contribution is 7.79. The van der Waals surface area contributed by atoms with E-state index in [9.17, 15) is 9.42 Å². The predicted molar refractivity (Wildman–Crippen MR) is 77.5 cm³/mol. The fourth-order valence-electron chi connectivity index (χ4n) is 3.92. The molecule has 3 unspecified atom stereocenters. The lowest BCUT2D eigenvalue weighted by atomic mass is 9.71. The summed E-state index contributed by atoms with van der Waals surface area (Å²) in [6.07, 6.45) is 3.52. The zero-order valence-corrected chi connectivity index (χ0v) is 12.1. The van der Waals surface area contributed by atoms with Gasteiger partial charge in [0.25, 0.3) is 0 Å². The molecular weight excluding hydrogens is 274 g/mol. The van der Waals surface area contributed by atoms with Crippen molar-refractivity contribution in [2.75, 3.05) is 13.6 Å². The van der Waals surface area contributed by atoms with Crippen LogP contribution in [0.4, 0.5) is 0 Å². The number of rotatable bonds is 2. The molecule has 1 aromatic carbocycles. The largest absolute Gasteiger partial charge is 0.620 e. The molecule has 0 amide bonds. The molecule has 1 aliphatic carbocycles. The van der Waals surface area contributed by atoms with Crippen molar-refractivity contribution in [3.05, 3.63) is 40.6 Å². The van der Waals surface area contributed by atoms with E-state index in [0.717, 1.165) is 19.4 Å². The Hall–Kier alpha value is -1.24. The molecule has 2 aliphatic heterocycles. The predicted octanol–water partition coefficient (Wildman–Crippen LogP) is 0.119. The summed E-state index contributed by atoms with van der Waals surface area (Å²) in [5.41, 5.74) is 2.61. The lowest BCUT2D eigenvalue weighted by molar-refractivity contribution is -0.676. The summed E-state index contributed by atoms with van der Waals surface area (Å²) in [5.74, 6) is 0. The zero-order chi connectivity index (χ0) is 13.9. The van der Waals surface area contributed by atoms with E-state index in [2.05, 4.69) is 34.2 Å². The summed E-state index contributed by atoms with van der Waals surface area (Å²) in [6, 6.07) is 8.81. The molecule has 0 bridgehead atoms. The Labute approximate surface area is 120 Å². The maximum atomic E-state index is 12.0. The first-order valence-electron chi connectivity index (χ1n) is 6.92. The fourth-order valence-corrected chi connectivity index (χ4v) is 5.24. The third-order valence-electron chi connectivity index (χ3n) is 4.85. The van der Waals surface area contributed by atoms with Crippen molar-refractivity contribution in [3.63, 3.8) is 0 Å². The van der Waals surface area contributed by atoms with E-state index in [0.29, 0.717) is 6.04 Å². The van der Waals surface area contributed by atoms with Crippen LogP contribution in [0.3, 0.4) is 0 Å². The van der Waals surface area contributed by atoms with Crippen LogP contribution in [0, 0.1) is 5.21 Å². The zero-order valence-electron chi connectivity index (χ0n) is 11.3. The smallest absolute Gasteiger partial charge is 0.208 e. The van der Waals surface area contributed by atoms with Crippen LogP contribution < -0.4 is 4.47 Å². The van der Waals surface area contributed by atoms with E-state index in [1.165, 1.54) is 18.2 Å². The van der Waals surface area contributed by atoms with Gasteiger partial charge in [-0.05, 0) is 24.0 Å². The summed E-state index contributed by atoms with van der Waals surface area (Å²) in [6.45, 7) is 0.805. The van der Waals surface area contributed by atoms with E-state index in [1.54, 1.807) is 0 Å². The molecule has 1 saturated carbocycles. The Morgan fingerprint density at radius 3 is 2.95 bits per heavy atom. The Morgan fingerprint density at radius 1 is 1.45 bits per heavy atom. The molecule has 1 aromatic rings. The lowest BCUT2D eigenvalue weighted by Gasteiger charge is -2.50. The average molecular weight is 291 g/mol. The minimum absolute atomic E-state index is 0.00620. The van der Waals surface area contributed by atoms with Crippen LogP contribution >= 0.6 is 0 Å². The first kappa shape index (κ1) is 12.5. The van der Waals surface area contributed by atoms with Crippen molar-refractivity contribution in [1.29, 1.82) is 0 Å². The topological polar surface area (TPSA) is 60.2 Å². The molecule has 1 fully saturated rings. The molecule has 2 heterocycles. The van der Waals surface area contributed by atoms with E-state index < -0.39 is 11.0 Å². The highest BCUT2D eigenvalue weighted by Gasteiger charge is 2.59. The SMILES string of the molecule is C[NH+]([O-])S(=O)C1CC2(C1)c1ccccc1C1CN=CN12. The van der Waals surface area contributed by atoms with Crippen molar-refractivity contribution in [1.82, 2.24) is 4.90 Å². The van der Waals surface area contributed by atoms with Crippen LogP contribution in [0.5, 0.6) is 0 Å². The van der Waals surface area contributed by atoms with Crippen molar-refractivity contribution in [3.8, 4) is 0 Å². The quantitative estimate of drug-likeness (QED) is 0.787. The van der Waals surface area contributed by atoms with Crippen LogP contribution in [-0.2, 0) is 16.5 Å². The highest BCUT2D eigenvalue weighted by Crippen LogP contribution is 2.57. The highest BCUT2D eigenvalue weighted by atomic mass is 32.2. The third-order valence-corrected chi connectivity index (χ3v) is 6.36. The van der Waals surface area contributed by atoms with Crippen molar-refractivity contribution in [2.24, 2.45) is 4.99 Å². The molecule has 1 spiro atoms. The summed E-state index contributed by atoms with van der Waals surface area (Å²) < 4.78 is 11.8. The standard InChI is InChI=1S/C14H17N3O2S/c1-16(18)20(19)10-6-14(7-10)12-5-3-2-4-11(12)13-8-15-9-17(13)14/h2-5,9-10,13,16H,6-8H2,1H3. The second-order valence-corrected chi connectivity index (χ2v) is 7.68. The van der Waals surface area contributed by atoms with Gasteiger partial charge in [-0.2, -0.15) is 4.21 Å². The van der Waals surface area contributed by atoms with Gasteiger partial charge in [-0.3, -0.25) is 9.46 Å². The molecule has 0 aromatic heterocycles. The van der Waals surface area contributed by atoms with Gasteiger partial charge in [-0.1, -0.05) is 24.3 Å². The molecule has 0 radical (unpaired) electrons. The number of hydroxylamine groups is 1. The van der Waals surface area contributed by atoms with Crippen LogP contribution in [0.25, 0.3) is 0 Å². The van der Waals surface area contributed by atoms with Crippen LogP contribution in [0.2, 0.25) is 0 Å². The Morgan fingerprint density at radius 2 is 2.20 bits per heavy atom. The average Bonchev–Trinajstić information content (AvgIpc) is 2.95. The van der Waals surface area contributed by atoms with Gasteiger partial charge >= 0.3 is 0 Å². The first-order chi connectivity index (χ1) is 9.63. The number of nitrogens with zero attached hydrogens (tertiary/aromatic N) is 2. The van der Waals surface area contributed by atoms with Gasteiger partial charge < -0.3 is 10.1 Å². The van der Waals surface area contributed by atoms with Gasteiger partial charge in [0.15, 0.2) is 0 Å². The van der Waals surface area contributed by atoms with E-state index >= 15 is 0 Å². The van der Waals surface area contributed by atoms with Crippen LogP contribution in [0.15, 0.2) is 29.3 Å². The van der Waals surface area contributed by atoms with Crippen LogP contribution in [0.1, 0.15) is 30.0 Å². The number of benzene rings is 1. The first-order valence-corrected chi connectivity index (χ1v) is 8.14. The lowest BCUT2D eigenvalue weighted by Crippen LogP contribution is -3.05. The van der Waals surface area contributed by atoms with Crippen molar-refractivity contribution < 1.29 is 8.68 Å². The number of aliphatic imine (C=N–C) groups is 1. The Kier molecular flexibility index (Phi) is 2.58. The van der Waals surface area contributed by atoms with E-state index in [4.69, 9.17) is 0 Å². The van der Waals surface area contributed by atoms with Gasteiger partial charge in [0, 0.05) is 0 Å². The van der Waals surface area contributed by atoms with Gasteiger partial charge in [-0.25, -0.2) is 0 Å².